The van der Waals surface area contributed by atoms with Gasteiger partial charge in [0.25, 0.3) is 5.91 Å². The van der Waals surface area contributed by atoms with Crippen LogP contribution in [0.5, 0.6) is 0 Å². The molecule has 0 unspecified atom stereocenters. The van der Waals surface area contributed by atoms with E-state index in [0.29, 0.717) is 6.42 Å². The highest BCUT2D eigenvalue weighted by molar-refractivity contribution is 7.14. The summed E-state index contributed by atoms with van der Waals surface area (Å²) >= 11 is 1.62. The van der Waals surface area contributed by atoms with Crippen LogP contribution in [0.25, 0.3) is 0 Å². The van der Waals surface area contributed by atoms with Crippen LogP contribution in [0.4, 0.5) is 0 Å². The van der Waals surface area contributed by atoms with Gasteiger partial charge in [0.1, 0.15) is 0 Å². The van der Waals surface area contributed by atoms with E-state index >= 15 is 0 Å². The lowest BCUT2D eigenvalue weighted by atomic mass is 9.72. The first-order valence-corrected chi connectivity index (χ1v) is 11.2. The van der Waals surface area contributed by atoms with Gasteiger partial charge in [0.15, 0.2) is 0 Å². The Hall–Kier alpha value is -1.40. The van der Waals surface area contributed by atoms with E-state index in [9.17, 15) is 9.59 Å². The number of nitrogens with zero attached hydrogens (tertiary/aromatic N) is 2. The van der Waals surface area contributed by atoms with Crippen LogP contribution in [0.1, 0.15) is 60.0 Å². The van der Waals surface area contributed by atoms with Crippen LogP contribution in [0.3, 0.4) is 0 Å². The van der Waals surface area contributed by atoms with Gasteiger partial charge in [-0.2, -0.15) is 0 Å². The molecule has 148 valence electrons. The van der Waals surface area contributed by atoms with E-state index in [0.717, 1.165) is 76.2 Å². The van der Waals surface area contributed by atoms with Crippen molar-refractivity contribution in [3.63, 3.8) is 0 Å². The van der Waals surface area contributed by atoms with E-state index in [-0.39, 0.29) is 23.3 Å². The van der Waals surface area contributed by atoms with Crippen molar-refractivity contribution in [1.82, 2.24) is 9.80 Å². The summed E-state index contributed by atoms with van der Waals surface area (Å²) in [4.78, 5) is 31.4. The van der Waals surface area contributed by atoms with E-state index in [1.54, 1.807) is 11.3 Å². The van der Waals surface area contributed by atoms with Crippen molar-refractivity contribution in [1.29, 1.82) is 0 Å². The Morgan fingerprint density at radius 1 is 1.30 bits per heavy atom. The summed E-state index contributed by atoms with van der Waals surface area (Å²) in [6.45, 7) is 6.15. The molecule has 1 aromatic heterocycles. The number of piperidine rings is 2. The van der Waals surface area contributed by atoms with Crippen molar-refractivity contribution < 1.29 is 14.3 Å². The van der Waals surface area contributed by atoms with Crippen LogP contribution >= 0.6 is 11.3 Å². The van der Waals surface area contributed by atoms with E-state index in [1.807, 2.05) is 15.9 Å². The normalized spacial score (nSPS) is 25.4. The minimum absolute atomic E-state index is 0.178. The molecule has 5 nitrogen and oxygen atoms in total. The van der Waals surface area contributed by atoms with Gasteiger partial charge in [0.05, 0.1) is 11.0 Å². The number of rotatable bonds is 4. The fourth-order valence-corrected chi connectivity index (χ4v) is 5.65. The van der Waals surface area contributed by atoms with Gasteiger partial charge in [-0.1, -0.05) is 6.92 Å². The fraction of sp³-hybridized carbons (Fsp3) is 0.714. The maximum Gasteiger partial charge on any atom is 0.263 e. The molecule has 3 aliphatic rings. The average Bonchev–Trinajstić information content (AvgIpc) is 3.37. The standard InChI is InChI=1S/C21H30N2O3S/c1-2-17-5-6-18(27-17)20(25)22-11-9-21(10-12-22)8-7-19(24)23(15-21)14-16-4-3-13-26-16/h5-6,16H,2-4,7-15H2,1H3/t16-/m1/s1. The molecular formula is C21H30N2O3S. The Morgan fingerprint density at radius 2 is 2.11 bits per heavy atom. The number of hydrogen-bond donors (Lipinski definition) is 0. The maximum atomic E-state index is 12.8. The SMILES string of the molecule is CCc1ccc(C(=O)N2CCC3(CCC(=O)N(C[C@H]4CCCO4)C3)CC2)s1. The lowest BCUT2D eigenvalue weighted by Gasteiger charge is -2.47. The maximum absolute atomic E-state index is 12.8. The Kier molecular flexibility index (Phi) is 5.55. The van der Waals surface area contributed by atoms with Gasteiger partial charge in [-0.25, -0.2) is 0 Å². The average molecular weight is 391 g/mol. The third-order valence-electron chi connectivity index (χ3n) is 6.53. The van der Waals surface area contributed by atoms with Gasteiger partial charge in [-0.15, -0.1) is 11.3 Å². The smallest absolute Gasteiger partial charge is 0.263 e. The Bertz CT molecular complexity index is 687. The molecule has 0 aromatic carbocycles. The second-order valence-electron chi connectivity index (χ2n) is 8.32. The van der Waals surface area contributed by atoms with Crippen LogP contribution in [0, 0.1) is 5.41 Å². The predicted octanol–water partition coefficient (Wildman–Crippen LogP) is 3.33. The van der Waals surface area contributed by atoms with Crippen molar-refractivity contribution >= 4 is 23.2 Å². The fourth-order valence-electron chi connectivity index (χ4n) is 4.73. The summed E-state index contributed by atoms with van der Waals surface area (Å²) < 4.78 is 5.74. The summed E-state index contributed by atoms with van der Waals surface area (Å²) in [5, 5.41) is 0. The second kappa shape index (κ2) is 7.92. The molecule has 27 heavy (non-hydrogen) atoms. The van der Waals surface area contributed by atoms with Gasteiger partial charge >= 0.3 is 0 Å². The molecule has 3 fully saturated rings. The van der Waals surface area contributed by atoms with Gasteiger partial charge in [0.2, 0.25) is 5.91 Å². The Balaban J connectivity index is 1.35. The molecule has 4 rings (SSSR count). The third-order valence-corrected chi connectivity index (χ3v) is 7.75. The number of amides is 2. The van der Waals surface area contributed by atoms with Crippen molar-refractivity contribution in [2.24, 2.45) is 5.41 Å². The topological polar surface area (TPSA) is 49.9 Å². The molecule has 3 saturated heterocycles. The van der Waals surface area contributed by atoms with Crippen molar-refractivity contribution in [3.05, 3.63) is 21.9 Å². The summed E-state index contributed by atoms with van der Waals surface area (Å²) in [5.41, 5.74) is 0.188. The highest BCUT2D eigenvalue weighted by Gasteiger charge is 2.42. The lowest BCUT2D eigenvalue weighted by molar-refractivity contribution is -0.141. The molecule has 0 aliphatic carbocycles. The molecule has 6 heteroatoms. The molecule has 0 saturated carbocycles. The summed E-state index contributed by atoms with van der Waals surface area (Å²) in [5.74, 6) is 0.456. The van der Waals surface area contributed by atoms with Crippen LogP contribution in [-0.4, -0.2) is 60.5 Å². The molecular weight excluding hydrogens is 360 g/mol. The zero-order valence-electron chi connectivity index (χ0n) is 16.2. The zero-order valence-corrected chi connectivity index (χ0v) is 17.1. The lowest BCUT2D eigenvalue weighted by Crippen LogP contribution is -2.53. The second-order valence-corrected chi connectivity index (χ2v) is 9.49. The van der Waals surface area contributed by atoms with Crippen LogP contribution in [0.15, 0.2) is 12.1 Å². The first-order valence-electron chi connectivity index (χ1n) is 10.4. The quantitative estimate of drug-likeness (QED) is 0.792. The van der Waals surface area contributed by atoms with Crippen molar-refractivity contribution in [2.45, 2.75) is 58.0 Å². The minimum atomic E-state index is 0.178. The number of carbonyl (C=O) groups is 2. The number of ether oxygens (including phenoxy) is 1. The van der Waals surface area contributed by atoms with Gasteiger partial charge < -0.3 is 14.5 Å². The third kappa shape index (κ3) is 4.06. The molecule has 2 amide bonds. The molecule has 0 radical (unpaired) electrons. The summed E-state index contributed by atoms with van der Waals surface area (Å²) in [6.07, 6.45) is 6.99. The van der Waals surface area contributed by atoms with E-state index in [2.05, 4.69) is 13.0 Å². The molecule has 1 atom stereocenters. The monoisotopic (exact) mass is 390 g/mol. The highest BCUT2D eigenvalue weighted by Crippen LogP contribution is 2.41. The van der Waals surface area contributed by atoms with Crippen molar-refractivity contribution in [2.75, 3.05) is 32.8 Å². The van der Waals surface area contributed by atoms with Crippen LogP contribution in [-0.2, 0) is 16.0 Å². The highest BCUT2D eigenvalue weighted by atomic mass is 32.1. The number of hydrogen-bond acceptors (Lipinski definition) is 4. The van der Waals surface area contributed by atoms with Crippen molar-refractivity contribution in [3.8, 4) is 0 Å². The van der Waals surface area contributed by atoms with E-state index in [1.165, 1.54) is 4.88 Å². The van der Waals surface area contributed by atoms with E-state index in [4.69, 9.17) is 4.74 Å². The van der Waals surface area contributed by atoms with Gasteiger partial charge in [-0.05, 0) is 56.1 Å². The minimum Gasteiger partial charge on any atom is -0.376 e. The summed E-state index contributed by atoms with van der Waals surface area (Å²) in [6, 6.07) is 4.04. The Morgan fingerprint density at radius 3 is 2.78 bits per heavy atom. The number of likely N-dealkylation sites (tertiary alicyclic amines) is 2. The van der Waals surface area contributed by atoms with Crippen LogP contribution in [0.2, 0.25) is 0 Å². The molecule has 0 N–H and O–H groups in total. The molecule has 3 aliphatic heterocycles. The van der Waals surface area contributed by atoms with Crippen LogP contribution < -0.4 is 0 Å². The molecule has 4 heterocycles. The van der Waals surface area contributed by atoms with E-state index < -0.39 is 0 Å². The number of carbonyl (C=O) groups excluding carboxylic acids is 2. The van der Waals surface area contributed by atoms with Gasteiger partial charge in [0, 0.05) is 44.1 Å². The Labute approximate surface area is 165 Å². The molecule has 0 bridgehead atoms. The largest absolute Gasteiger partial charge is 0.376 e. The predicted molar refractivity (Wildman–Crippen MR) is 106 cm³/mol. The number of thiophene rings is 1. The summed E-state index contributed by atoms with van der Waals surface area (Å²) in [7, 11) is 0. The van der Waals surface area contributed by atoms with Gasteiger partial charge in [-0.3, -0.25) is 9.59 Å². The first-order chi connectivity index (χ1) is 13.1. The zero-order chi connectivity index (χ0) is 18.9. The first kappa shape index (κ1) is 18.9. The number of aryl methyl sites for hydroxylation is 1. The molecule has 1 aromatic rings. The molecule has 1 spiro atoms.